The van der Waals surface area contributed by atoms with Crippen molar-refractivity contribution in [2.24, 2.45) is 0 Å². The molecule has 0 saturated carbocycles. The largest absolute Gasteiger partial charge is 0.415 e. The first kappa shape index (κ1) is 22.9. The average Bonchev–Trinajstić information content (AvgIpc) is 3.54. The number of fused-ring (bicyclic) bond motifs is 7. The van der Waals surface area contributed by atoms with E-state index in [4.69, 9.17) is 4.67 Å². The van der Waals surface area contributed by atoms with E-state index in [1.54, 1.807) is 0 Å². The molecular formula is C38H25N4+. The Bertz CT molecular complexity index is 2390. The molecule has 9 rings (SSSR count). The van der Waals surface area contributed by atoms with E-state index >= 15 is 0 Å². The molecule has 196 valence electrons. The van der Waals surface area contributed by atoms with E-state index in [2.05, 4.69) is 142 Å². The number of rotatable bonds is 3. The summed E-state index contributed by atoms with van der Waals surface area (Å²) in [4.78, 5) is 0. The summed E-state index contributed by atoms with van der Waals surface area (Å²) in [5, 5.41) is 8.51. The molecule has 0 radical (unpaired) electrons. The fourth-order valence-corrected chi connectivity index (χ4v) is 6.51. The molecule has 1 aliphatic heterocycles. The minimum atomic E-state index is 0.847. The molecule has 0 amide bonds. The second kappa shape index (κ2) is 8.84. The van der Waals surface area contributed by atoms with Gasteiger partial charge in [0.1, 0.15) is 11.0 Å². The molecule has 0 unspecified atom stereocenters. The first-order valence-electron chi connectivity index (χ1n) is 14.2. The van der Waals surface area contributed by atoms with E-state index in [0.717, 1.165) is 34.1 Å². The van der Waals surface area contributed by atoms with Crippen LogP contribution in [0.2, 0.25) is 0 Å². The predicted octanol–water partition coefficient (Wildman–Crippen LogP) is 7.88. The second-order valence-electron chi connectivity index (χ2n) is 10.7. The lowest BCUT2D eigenvalue weighted by Gasteiger charge is -2.11. The van der Waals surface area contributed by atoms with Crippen LogP contribution < -0.4 is 9.98 Å². The molecule has 6 aromatic carbocycles. The van der Waals surface area contributed by atoms with Crippen LogP contribution in [-0.2, 0) is 0 Å². The molecule has 0 fully saturated rings. The van der Waals surface area contributed by atoms with Gasteiger partial charge in [-0.15, -0.1) is 0 Å². The summed E-state index contributed by atoms with van der Waals surface area (Å²) < 4.78 is 9.60. The topological polar surface area (TPSA) is 36.0 Å². The number of benzene rings is 6. The summed E-state index contributed by atoms with van der Waals surface area (Å²) in [6.07, 6.45) is 0. The Labute approximate surface area is 242 Å². The van der Waals surface area contributed by atoms with Gasteiger partial charge < -0.3 is 4.57 Å². The Kier molecular flexibility index (Phi) is 4.82. The Balaban J connectivity index is 1.31. The highest BCUT2D eigenvalue weighted by Crippen LogP contribution is 2.41. The van der Waals surface area contributed by atoms with Gasteiger partial charge in [-0.05, 0) is 59.7 Å². The lowest BCUT2D eigenvalue weighted by Crippen LogP contribution is -2.48. The van der Waals surface area contributed by atoms with E-state index in [1.165, 1.54) is 43.7 Å². The molecular weight excluding hydrogens is 512 g/mol. The van der Waals surface area contributed by atoms with Crippen LogP contribution >= 0.6 is 0 Å². The maximum atomic E-state index is 4.94. The first-order chi connectivity index (χ1) is 20.8. The molecule has 0 spiro atoms. The standard InChI is InChI=1S/C38H24N4/c1-3-11-25(12-4-1)26-19-21-28(22-20-26)41-31-17-9-7-15-29(31)35-33(41)23-24-34-36(35)30-16-8-10-18-32(30)42(34)38-39-37(40-38)27-13-5-2-6-14-27/h1-24H/p+1. The number of aromatic nitrogens is 2. The number of amidine groups is 1. The third kappa shape index (κ3) is 3.27. The molecule has 4 nitrogen and oxygen atoms in total. The average molecular weight is 538 g/mol. The van der Waals surface area contributed by atoms with E-state index < -0.39 is 0 Å². The van der Waals surface area contributed by atoms with Crippen molar-refractivity contribution in [3.05, 3.63) is 151 Å². The zero-order chi connectivity index (χ0) is 27.6. The van der Waals surface area contributed by atoms with Crippen LogP contribution in [0, 0.1) is 0 Å². The lowest BCUT2D eigenvalue weighted by atomic mass is 10.1. The van der Waals surface area contributed by atoms with Crippen molar-refractivity contribution in [1.82, 2.24) is 19.1 Å². The molecule has 8 aromatic rings. The van der Waals surface area contributed by atoms with Crippen molar-refractivity contribution in [1.29, 1.82) is 0 Å². The van der Waals surface area contributed by atoms with E-state index in [1.807, 2.05) is 18.2 Å². The van der Waals surface area contributed by atoms with Crippen LogP contribution in [0.25, 0.3) is 60.4 Å². The van der Waals surface area contributed by atoms with Gasteiger partial charge >= 0.3 is 5.96 Å². The van der Waals surface area contributed by atoms with E-state index in [9.17, 15) is 0 Å². The summed E-state index contributed by atoms with van der Waals surface area (Å²) in [5.74, 6) is 1.74. The minimum absolute atomic E-state index is 0.847. The molecule has 0 atom stereocenters. The predicted molar refractivity (Wildman–Crippen MR) is 175 cm³/mol. The molecule has 0 saturated heterocycles. The van der Waals surface area contributed by atoms with Crippen LogP contribution in [0.5, 0.6) is 0 Å². The SMILES string of the molecule is c1ccc(C2=[N+]=C(n3c4ccccc4c4c5c6ccccc6n(-c6ccc(-c7ccccc7)cc6)c5ccc43)N2)cc1. The highest BCUT2D eigenvalue weighted by atomic mass is 15.3. The molecule has 0 bridgehead atoms. The van der Waals surface area contributed by atoms with Gasteiger partial charge in [0.25, 0.3) is 5.84 Å². The van der Waals surface area contributed by atoms with E-state index in [-0.39, 0.29) is 0 Å². The first-order valence-corrected chi connectivity index (χ1v) is 14.2. The fraction of sp³-hybridized carbons (Fsp3) is 0. The van der Waals surface area contributed by atoms with Gasteiger partial charge in [0.05, 0.1) is 16.6 Å². The molecule has 0 aliphatic carbocycles. The van der Waals surface area contributed by atoms with E-state index in [0.29, 0.717) is 0 Å². The Morgan fingerprint density at radius 2 is 0.881 bits per heavy atom. The van der Waals surface area contributed by atoms with Crippen molar-refractivity contribution in [3.63, 3.8) is 0 Å². The summed E-state index contributed by atoms with van der Waals surface area (Å²) in [6.45, 7) is 0. The molecule has 42 heavy (non-hydrogen) atoms. The van der Waals surface area contributed by atoms with Gasteiger partial charge in [-0.3, -0.25) is 0 Å². The van der Waals surface area contributed by atoms with Crippen LogP contribution in [0.15, 0.2) is 146 Å². The number of nitrogens with one attached hydrogen (secondary N) is 1. The summed E-state index contributed by atoms with van der Waals surface area (Å²) in [7, 11) is 0. The zero-order valence-electron chi connectivity index (χ0n) is 22.7. The zero-order valence-corrected chi connectivity index (χ0v) is 22.7. The summed E-state index contributed by atoms with van der Waals surface area (Å²) >= 11 is 0. The highest BCUT2D eigenvalue weighted by Gasteiger charge is 2.30. The minimum Gasteiger partial charge on any atom is -0.309 e. The third-order valence-electron chi connectivity index (χ3n) is 8.41. The monoisotopic (exact) mass is 537 g/mol. The highest BCUT2D eigenvalue weighted by molar-refractivity contribution is 6.31. The number of nitrogens with zero attached hydrogens (tertiary/aromatic N) is 3. The van der Waals surface area contributed by atoms with Crippen molar-refractivity contribution in [2.75, 3.05) is 0 Å². The maximum Gasteiger partial charge on any atom is 0.415 e. The Morgan fingerprint density at radius 1 is 0.405 bits per heavy atom. The smallest absolute Gasteiger partial charge is 0.309 e. The quantitative estimate of drug-likeness (QED) is 0.229. The number of hydrogen-bond acceptors (Lipinski definition) is 1. The van der Waals surface area contributed by atoms with Crippen LogP contribution in [0.1, 0.15) is 5.56 Å². The van der Waals surface area contributed by atoms with Gasteiger partial charge in [0, 0.05) is 27.2 Å². The fourth-order valence-electron chi connectivity index (χ4n) is 6.51. The van der Waals surface area contributed by atoms with Gasteiger partial charge in [-0.1, -0.05) is 97.1 Å². The molecule has 4 heteroatoms. The van der Waals surface area contributed by atoms with Gasteiger partial charge in [0.15, 0.2) is 0 Å². The van der Waals surface area contributed by atoms with Crippen molar-refractivity contribution >= 4 is 55.4 Å². The third-order valence-corrected chi connectivity index (χ3v) is 8.41. The molecule has 2 aromatic heterocycles. The maximum absolute atomic E-state index is 4.94. The Morgan fingerprint density at radius 3 is 1.50 bits per heavy atom. The van der Waals surface area contributed by atoms with Gasteiger partial charge in [0.2, 0.25) is 0 Å². The number of para-hydroxylation sites is 2. The van der Waals surface area contributed by atoms with Gasteiger partial charge in [-0.25, -0.2) is 14.6 Å². The Hall–Kier alpha value is -5.83. The summed E-state index contributed by atoms with van der Waals surface area (Å²) in [6, 6.07) is 51.6. The lowest BCUT2D eigenvalue weighted by molar-refractivity contribution is 1.08. The molecule has 1 aliphatic rings. The van der Waals surface area contributed by atoms with Crippen LogP contribution in [0.3, 0.4) is 0 Å². The van der Waals surface area contributed by atoms with Crippen molar-refractivity contribution in [2.45, 2.75) is 0 Å². The molecule has 1 N–H and O–H groups in total. The van der Waals surface area contributed by atoms with Crippen molar-refractivity contribution in [3.8, 4) is 16.8 Å². The van der Waals surface area contributed by atoms with Crippen LogP contribution in [-0.4, -0.2) is 20.9 Å². The second-order valence-corrected chi connectivity index (χ2v) is 10.7. The molecule has 3 heterocycles. The number of hydrogen-bond donors (Lipinski definition) is 1. The van der Waals surface area contributed by atoms with Gasteiger partial charge in [-0.2, -0.15) is 0 Å². The van der Waals surface area contributed by atoms with Crippen molar-refractivity contribution < 1.29 is 0 Å². The normalized spacial score (nSPS) is 12.9. The van der Waals surface area contributed by atoms with Crippen LogP contribution in [0.4, 0.5) is 0 Å². The summed E-state index contributed by atoms with van der Waals surface area (Å²) in [5.41, 5.74) is 9.35.